The highest BCUT2D eigenvalue weighted by molar-refractivity contribution is 4.91. The third-order valence-electron chi connectivity index (χ3n) is 2.23. The summed E-state index contributed by atoms with van der Waals surface area (Å²) < 4.78 is 9.60. The second-order valence-corrected chi connectivity index (χ2v) is 3.43. The molecular formula is C8H16O7. The Morgan fingerprint density at radius 3 is 2.60 bits per heavy atom. The summed E-state index contributed by atoms with van der Waals surface area (Å²) in [6.07, 6.45) is -4.38. The molecule has 0 aromatic heterocycles. The molecule has 0 aliphatic carbocycles. The molecule has 0 bridgehead atoms. The van der Waals surface area contributed by atoms with Gasteiger partial charge in [-0.3, -0.25) is 0 Å². The second kappa shape index (κ2) is 5.17. The van der Waals surface area contributed by atoms with E-state index < -0.39 is 30.7 Å². The van der Waals surface area contributed by atoms with Gasteiger partial charge >= 0.3 is 0 Å². The van der Waals surface area contributed by atoms with Crippen molar-refractivity contribution in [2.24, 2.45) is 0 Å². The fourth-order valence-electron chi connectivity index (χ4n) is 1.30. The summed E-state index contributed by atoms with van der Waals surface area (Å²) in [5.41, 5.74) is 0. The van der Waals surface area contributed by atoms with E-state index in [2.05, 4.69) is 0 Å². The molecule has 15 heavy (non-hydrogen) atoms. The van der Waals surface area contributed by atoms with Gasteiger partial charge < -0.3 is 35.0 Å². The summed E-state index contributed by atoms with van der Waals surface area (Å²) in [4.78, 5) is 0. The maximum atomic E-state index is 9.70. The number of rotatable bonds is 4. The van der Waals surface area contributed by atoms with E-state index in [1.165, 1.54) is 0 Å². The summed E-state index contributed by atoms with van der Waals surface area (Å²) in [6, 6.07) is 0. The fraction of sp³-hybridized carbons (Fsp3) is 1.00. The monoisotopic (exact) mass is 224 g/mol. The molecule has 1 aliphatic heterocycles. The topological polar surface area (TPSA) is 120 Å². The summed E-state index contributed by atoms with van der Waals surface area (Å²) >= 11 is 0. The summed E-state index contributed by atoms with van der Waals surface area (Å²) in [6.45, 7) is -0.926. The average Bonchev–Trinajstić information content (AvgIpc) is 2.22. The molecule has 1 heterocycles. The van der Waals surface area contributed by atoms with E-state index in [-0.39, 0.29) is 19.8 Å². The van der Waals surface area contributed by atoms with Gasteiger partial charge in [0, 0.05) is 0 Å². The lowest BCUT2D eigenvalue weighted by atomic mass is 9.97. The van der Waals surface area contributed by atoms with Crippen LogP contribution in [-0.4, -0.2) is 76.1 Å². The molecule has 0 aromatic rings. The van der Waals surface area contributed by atoms with Crippen molar-refractivity contribution in [3.63, 3.8) is 0 Å². The first-order valence-corrected chi connectivity index (χ1v) is 4.60. The van der Waals surface area contributed by atoms with E-state index in [1.54, 1.807) is 0 Å². The van der Waals surface area contributed by atoms with Gasteiger partial charge in [0.1, 0.15) is 24.9 Å². The van der Waals surface area contributed by atoms with Crippen LogP contribution in [0.2, 0.25) is 0 Å². The predicted octanol–water partition coefficient (Wildman–Crippen LogP) is -3.20. The van der Waals surface area contributed by atoms with Gasteiger partial charge in [0.25, 0.3) is 0 Å². The number of hydrogen-bond donors (Lipinski definition) is 5. The molecule has 1 rings (SSSR count). The molecule has 0 radical (unpaired) electrons. The van der Waals surface area contributed by atoms with Crippen LogP contribution in [0.25, 0.3) is 0 Å². The average molecular weight is 224 g/mol. The summed E-state index contributed by atoms with van der Waals surface area (Å²) in [5.74, 6) is -2.05. The first-order valence-electron chi connectivity index (χ1n) is 4.60. The standard InChI is InChI=1S/C8H16O7/c9-1-2-14-4-8(13)7(12)6(11)5(10)3-15-8/h5-7,9-13H,1-4H2/t5-,6-,7+,8-/m1/s1. The molecule has 4 atom stereocenters. The van der Waals surface area contributed by atoms with Crippen molar-refractivity contribution in [3.05, 3.63) is 0 Å². The Labute approximate surface area is 86.5 Å². The van der Waals surface area contributed by atoms with E-state index in [0.717, 1.165) is 0 Å². The minimum atomic E-state index is -2.05. The second-order valence-electron chi connectivity index (χ2n) is 3.43. The van der Waals surface area contributed by atoms with Crippen molar-refractivity contribution in [3.8, 4) is 0 Å². The van der Waals surface area contributed by atoms with Gasteiger partial charge in [-0.05, 0) is 0 Å². The molecule has 90 valence electrons. The largest absolute Gasteiger partial charge is 0.394 e. The van der Waals surface area contributed by atoms with E-state index in [0.29, 0.717) is 0 Å². The lowest BCUT2D eigenvalue weighted by Gasteiger charge is -2.41. The van der Waals surface area contributed by atoms with Crippen molar-refractivity contribution in [2.45, 2.75) is 24.1 Å². The number of aliphatic hydroxyl groups excluding tert-OH is 4. The van der Waals surface area contributed by atoms with Crippen LogP contribution >= 0.6 is 0 Å². The minimum Gasteiger partial charge on any atom is -0.394 e. The van der Waals surface area contributed by atoms with Crippen LogP contribution in [0.5, 0.6) is 0 Å². The molecular weight excluding hydrogens is 208 g/mol. The van der Waals surface area contributed by atoms with Crippen molar-refractivity contribution < 1.29 is 35.0 Å². The third-order valence-corrected chi connectivity index (χ3v) is 2.23. The SMILES string of the molecule is OCCOC[C@@]1(O)OC[C@@H](O)[C@@H](O)[C@@H]1O. The van der Waals surface area contributed by atoms with Gasteiger partial charge in [-0.1, -0.05) is 0 Å². The lowest BCUT2D eigenvalue weighted by molar-refractivity contribution is -0.335. The maximum absolute atomic E-state index is 9.70. The van der Waals surface area contributed by atoms with Gasteiger partial charge in [0.15, 0.2) is 0 Å². The first kappa shape index (κ1) is 12.8. The zero-order valence-corrected chi connectivity index (χ0v) is 8.11. The molecule has 7 nitrogen and oxygen atoms in total. The molecule has 1 aliphatic rings. The molecule has 7 heteroatoms. The predicted molar refractivity (Wildman–Crippen MR) is 46.8 cm³/mol. The highest BCUT2D eigenvalue weighted by atomic mass is 16.7. The zero-order chi connectivity index (χ0) is 11.5. The normalized spacial score (nSPS) is 41.8. The van der Waals surface area contributed by atoms with Gasteiger partial charge in [-0.15, -0.1) is 0 Å². The Hall–Kier alpha value is -0.280. The lowest BCUT2D eigenvalue weighted by Crippen LogP contribution is -2.62. The van der Waals surface area contributed by atoms with Gasteiger partial charge in [0.05, 0.1) is 19.8 Å². The smallest absolute Gasteiger partial charge is 0.219 e. The molecule has 0 amide bonds. The fourth-order valence-corrected chi connectivity index (χ4v) is 1.30. The van der Waals surface area contributed by atoms with Crippen LogP contribution in [-0.2, 0) is 9.47 Å². The van der Waals surface area contributed by atoms with Crippen LogP contribution in [0.15, 0.2) is 0 Å². The molecule has 1 fully saturated rings. The quantitative estimate of drug-likeness (QED) is 0.319. The van der Waals surface area contributed by atoms with Gasteiger partial charge in [-0.25, -0.2) is 0 Å². The van der Waals surface area contributed by atoms with Crippen LogP contribution in [0.3, 0.4) is 0 Å². The Balaban J connectivity index is 2.51. The van der Waals surface area contributed by atoms with E-state index in [4.69, 9.17) is 19.7 Å². The summed E-state index contributed by atoms with van der Waals surface area (Å²) in [5, 5.41) is 46.0. The number of ether oxygens (including phenoxy) is 2. The molecule has 0 unspecified atom stereocenters. The third kappa shape index (κ3) is 2.85. The van der Waals surface area contributed by atoms with Crippen LogP contribution in [0.4, 0.5) is 0 Å². The Kier molecular flexibility index (Phi) is 4.41. The Bertz CT molecular complexity index is 199. The molecule has 0 spiro atoms. The van der Waals surface area contributed by atoms with E-state index in [9.17, 15) is 15.3 Å². The van der Waals surface area contributed by atoms with Crippen LogP contribution < -0.4 is 0 Å². The van der Waals surface area contributed by atoms with Crippen molar-refractivity contribution in [2.75, 3.05) is 26.4 Å². The van der Waals surface area contributed by atoms with Crippen LogP contribution in [0, 0.1) is 0 Å². The minimum absolute atomic E-state index is 0.0168. The van der Waals surface area contributed by atoms with Crippen LogP contribution in [0.1, 0.15) is 0 Å². The Morgan fingerprint density at radius 1 is 1.33 bits per heavy atom. The maximum Gasteiger partial charge on any atom is 0.219 e. The number of hydrogen-bond acceptors (Lipinski definition) is 7. The van der Waals surface area contributed by atoms with Crippen molar-refractivity contribution >= 4 is 0 Å². The number of aliphatic hydroxyl groups is 5. The van der Waals surface area contributed by atoms with Crippen molar-refractivity contribution in [1.29, 1.82) is 0 Å². The molecule has 5 N–H and O–H groups in total. The first-order chi connectivity index (χ1) is 7.01. The highest BCUT2D eigenvalue weighted by Gasteiger charge is 2.48. The summed E-state index contributed by atoms with van der Waals surface area (Å²) in [7, 11) is 0. The van der Waals surface area contributed by atoms with Gasteiger partial charge in [0.2, 0.25) is 5.79 Å². The van der Waals surface area contributed by atoms with Gasteiger partial charge in [-0.2, -0.15) is 0 Å². The zero-order valence-electron chi connectivity index (χ0n) is 8.11. The Morgan fingerprint density at radius 2 is 2.00 bits per heavy atom. The highest BCUT2D eigenvalue weighted by Crippen LogP contribution is 2.24. The molecule has 1 saturated heterocycles. The van der Waals surface area contributed by atoms with E-state index >= 15 is 0 Å². The van der Waals surface area contributed by atoms with E-state index in [1.807, 2.05) is 0 Å². The molecule has 0 aromatic carbocycles. The molecule has 0 saturated carbocycles. The van der Waals surface area contributed by atoms with Crippen molar-refractivity contribution in [1.82, 2.24) is 0 Å².